The van der Waals surface area contributed by atoms with Crippen LogP contribution in [0.2, 0.25) is 5.02 Å². The van der Waals surface area contributed by atoms with Gasteiger partial charge in [0.2, 0.25) is 0 Å². The molecule has 1 N–H and O–H groups in total. The number of carbonyl (C=O) groups is 2. The van der Waals surface area contributed by atoms with Crippen molar-refractivity contribution in [1.29, 1.82) is 0 Å². The zero-order chi connectivity index (χ0) is 24.6. The predicted molar refractivity (Wildman–Crippen MR) is 125 cm³/mol. The van der Waals surface area contributed by atoms with Crippen LogP contribution in [0.3, 0.4) is 0 Å². The highest BCUT2D eigenvalue weighted by molar-refractivity contribution is 6.33. The van der Waals surface area contributed by atoms with Crippen molar-refractivity contribution in [3.63, 3.8) is 0 Å². The molecule has 176 valence electrons. The van der Waals surface area contributed by atoms with Crippen LogP contribution in [0.1, 0.15) is 41.8 Å². The molecule has 1 aromatic carbocycles. The number of rotatable bonds is 6. The molecule has 4 aromatic rings. The SMILES string of the molecule is Cc1cc(-c2cc(C(=O)OCC(=O)Nc3ccc(F)cc3Cl)c3cnn(C(C)C)c3n2)c(C)o1. The summed E-state index contributed by atoms with van der Waals surface area (Å²) in [6, 6.07) is 7.00. The molecule has 10 heteroatoms. The summed E-state index contributed by atoms with van der Waals surface area (Å²) in [6.07, 6.45) is 1.55. The van der Waals surface area contributed by atoms with Gasteiger partial charge in [0, 0.05) is 11.6 Å². The van der Waals surface area contributed by atoms with Gasteiger partial charge in [-0.25, -0.2) is 18.9 Å². The first kappa shape index (κ1) is 23.4. The fourth-order valence-electron chi connectivity index (χ4n) is 3.57. The number of pyridine rings is 1. The zero-order valence-electron chi connectivity index (χ0n) is 19.0. The van der Waals surface area contributed by atoms with Crippen LogP contribution in [-0.2, 0) is 9.53 Å². The van der Waals surface area contributed by atoms with Gasteiger partial charge in [0.15, 0.2) is 12.3 Å². The second-order valence-electron chi connectivity index (χ2n) is 8.05. The molecule has 0 saturated carbocycles. The van der Waals surface area contributed by atoms with Crippen LogP contribution < -0.4 is 5.32 Å². The molecule has 0 radical (unpaired) electrons. The van der Waals surface area contributed by atoms with Gasteiger partial charge in [-0.2, -0.15) is 5.10 Å². The molecule has 0 aliphatic carbocycles. The van der Waals surface area contributed by atoms with E-state index in [0.29, 0.717) is 28.2 Å². The maximum atomic E-state index is 13.2. The molecule has 0 bridgehead atoms. The minimum absolute atomic E-state index is 0.00235. The van der Waals surface area contributed by atoms with Crippen molar-refractivity contribution >= 4 is 40.2 Å². The zero-order valence-corrected chi connectivity index (χ0v) is 19.7. The summed E-state index contributed by atoms with van der Waals surface area (Å²) in [5.74, 6) is -0.486. The third-order valence-corrected chi connectivity index (χ3v) is 5.44. The molecule has 0 spiro atoms. The Morgan fingerprint density at radius 2 is 2.00 bits per heavy atom. The summed E-state index contributed by atoms with van der Waals surface area (Å²) in [5.41, 5.74) is 2.21. The number of hydrogen-bond donors (Lipinski definition) is 1. The minimum atomic E-state index is -0.713. The van der Waals surface area contributed by atoms with E-state index in [1.54, 1.807) is 16.9 Å². The van der Waals surface area contributed by atoms with Crippen molar-refractivity contribution in [3.05, 3.63) is 64.5 Å². The van der Waals surface area contributed by atoms with E-state index in [-0.39, 0.29) is 22.3 Å². The number of nitrogens with one attached hydrogen (secondary N) is 1. The van der Waals surface area contributed by atoms with E-state index >= 15 is 0 Å². The lowest BCUT2D eigenvalue weighted by Crippen LogP contribution is -2.21. The minimum Gasteiger partial charge on any atom is -0.466 e. The van der Waals surface area contributed by atoms with E-state index in [9.17, 15) is 14.0 Å². The summed E-state index contributed by atoms with van der Waals surface area (Å²) >= 11 is 5.93. The number of anilines is 1. The molecule has 4 rings (SSSR count). The van der Waals surface area contributed by atoms with E-state index < -0.39 is 24.3 Å². The van der Waals surface area contributed by atoms with E-state index in [0.717, 1.165) is 17.7 Å². The molecule has 0 aliphatic heterocycles. The number of benzene rings is 1. The molecule has 0 aliphatic rings. The lowest BCUT2D eigenvalue weighted by molar-refractivity contribution is -0.119. The standard InChI is InChI=1S/C24H22ClFN4O4/c1-12(2)30-23-18(10-27-30)17(9-21(29-23)16-7-13(3)34-14(16)4)24(32)33-11-22(31)28-20-6-5-15(26)8-19(20)25/h5-10,12H,11H2,1-4H3,(H,28,31). The second-order valence-corrected chi connectivity index (χ2v) is 8.46. The normalized spacial score (nSPS) is 11.3. The van der Waals surface area contributed by atoms with Gasteiger partial charge in [0.25, 0.3) is 5.91 Å². The monoisotopic (exact) mass is 484 g/mol. The Morgan fingerprint density at radius 1 is 1.24 bits per heavy atom. The predicted octanol–water partition coefficient (Wildman–Crippen LogP) is 5.48. The molecule has 1 amide bonds. The van der Waals surface area contributed by atoms with Crippen LogP contribution in [0.25, 0.3) is 22.3 Å². The third-order valence-electron chi connectivity index (χ3n) is 5.13. The average molecular weight is 485 g/mol. The highest BCUT2D eigenvalue weighted by atomic mass is 35.5. The van der Waals surface area contributed by atoms with E-state index in [4.69, 9.17) is 25.7 Å². The first-order valence-electron chi connectivity index (χ1n) is 10.5. The molecule has 0 fully saturated rings. The number of aryl methyl sites for hydroxylation is 2. The van der Waals surface area contributed by atoms with Gasteiger partial charge >= 0.3 is 5.97 Å². The van der Waals surface area contributed by atoms with Crippen molar-refractivity contribution in [1.82, 2.24) is 14.8 Å². The molecule has 0 unspecified atom stereocenters. The number of hydrogen-bond acceptors (Lipinski definition) is 6. The molecule has 3 aromatic heterocycles. The Balaban J connectivity index is 1.62. The quantitative estimate of drug-likeness (QED) is 0.364. The number of carbonyl (C=O) groups excluding carboxylic acids is 2. The Labute approximate surface area is 199 Å². The number of fused-ring (bicyclic) bond motifs is 1. The Kier molecular flexibility index (Phi) is 6.39. The van der Waals surface area contributed by atoms with Crippen LogP contribution >= 0.6 is 11.6 Å². The van der Waals surface area contributed by atoms with Crippen molar-refractivity contribution in [2.75, 3.05) is 11.9 Å². The van der Waals surface area contributed by atoms with E-state index in [1.807, 2.05) is 33.8 Å². The lowest BCUT2D eigenvalue weighted by Gasteiger charge is -2.11. The number of aromatic nitrogens is 3. The van der Waals surface area contributed by atoms with Crippen LogP contribution in [0.4, 0.5) is 10.1 Å². The number of nitrogens with zero attached hydrogens (tertiary/aromatic N) is 3. The van der Waals surface area contributed by atoms with Gasteiger partial charge in [0.1, 0.15) is 17.3 Å². The maximum absolute atomic E-state index is 13.2. The summed E-state index contributed by atoms with van der Waals surface area (Å²) in [6.45, 7) is 6.99. The Hall–Kier alpha value is -3.72. The van der Waals surface area contributed by atoms with Crippen molar-refractivity contribution in [2.45, 2.75) is 33.7 Å². The van der Waals surface area contributed by atoms with Crippen LogP contribution in [0, 0.1) is 19.7 Å². The topological polar surface area (TPSA) is 99.2 Å². The van der Waals surface area contributed by atoms with Gasteiger partial charge in [-0.1, -0.05) is 11.6 Å². The first-order chi connectivity index (χ1) is 16.1. The summed E-state index contributed by atoms with van der Waals surface area (Å²) in [4.78, 5) is 30.0. The summed E-state index contributed by atoms with van der Waals surface area (Å²) in [5, 5.41) is 7.39. The summed E-state index contributed by atoms with van der Waals surface area (Å²) < 4.78 is 25.8. The molecule has 3 heterocycles. The van der Waals surface area contributed by atoms with Crippen LogP contribution in [-0.4, -0.2) is 33.2 Å². The van der Waals surface area contributed by atoms with Gasteiger partial charge in [0.05, 0.1) is 33.6 Å². The molecular weight excluding hydrogens is 463 g/mol. The number of halogens is 2. The van der Waals surface area contributed by atoms with Gasteiger partial charge in [-0.15, -0.1) is 0 Å². The number of amides is 1. The smallest absolute Gasteiger partial charge is 0.339 e. The molecule has 0 saturated heterocycles. The highest BCUT2D eigenvalue weighted by Gasteiger charge is 2.22. The molecular formula is C24H22ClFN4O4. The maximum Gasteiger partial charge on any atom is 0.339 e. The van der Waals surface area contributed by atoms with Crippen LogP contribution in [0.15, 0.2) is 40.9 Å². The average Bonchev–Trinajstić information content (AvgIpc) is 3.35. The van der Waals surface area contributed by atoms with Crippen molar-refractivity contribution in [2.24, 2.45) is 0 Å². The number of ether oxygens (including phenoxy) is 1. The van der Waals surface area contributed by atoms with Crippen LogP contribution in [0.5, 0.6) is 0 Å². The van der Waals surface area contributed by atoms with Gasteiger partial charge in [-0.05, 0) is 58.0 Å². The fraction of sp³-hybridized carbons (Fsp3) is 0.250. The van der Waals surface area contributed by atoms with Gasteiger partial charge in [-0.3, -0.25) is 4.79 Å². The number of furan rings is 1. The first-order valence-corrected chi connectivity index (χ1v) is 10.9. The Bertz CT molecular complexity index is 1410. The van der Waals surface area contributed by atoms with E-state index in [2.05, 4.69) is 10.4 Å². The van der Waals surface area contributed by atoms with E-state index in [1.165, 1.54) is 6.07 Å². The Morgan fingerprint density at radius 3 is 2.65 bits per heavy atom. The second kappa shape index (κ2) is 9.26. The third kappa shape index (κ3) is 4.65. The molecule has 8 nitrogen and oxygen atoms in total. The van der Waals surface area contributed by atoms with Crippen molar-refractivity contribution in [3.8, 4) is 11.3 Å². The molecule has 34 heavy (non-hydrogen) atoms. The fourth-order valence-corrected chi connectivity index (χ4v) is 3.79. The molecule has 0 atom stereocenters. The summed E-state index contributed by atoms with van der Waals surface area (Å²) in [7, 11) is 0. The highest BCUT2D eigenvalue weighted by Crippen LogP contribution is 2.30. The number of esters is 1. The van der Waals surface area contributed by atoms with Gasteiger partial charge < -0.3 is 14.5 Å². The van der Waals surface area contributed by atoms with Crippen molar-refractivity contribution < 1.29 is 23.1 Å². The largest absolute Gasteiger partial charge is 0.466 e. The lowest BCUT2D eigenvalue weighted by atomic mass is 10.1.